The van der Waals surface area contributed by atoms with Crippen molar-refractivity contribution in [2.75, 3.05) is 0 Å². The summed E-state index contributed by atoms with van der Waals surface area (Å²) in [6, 6.07) is 5.45. The molecule has 0 spiro atoms. The van der Waals surface area contributed by atoms with Gasteiger partial charge in [0.2, 0.25) is 0 Å². The molecule has 0 saturated carbocycles. The molecule has 14 heavy (non-hydrogen) atoms. The zero-order valence-corrected chi connectivity index (χ0v) is 8.17. The van der Waals surface area contributed by atoms with Crippen molar-refractivity contribution in [2.24, 2.45) is 0 Å². The predicted octanol–water partition coefficient (Wildman–Crippen LogP) is 2.41. The van der Waals surface area contributed by atoms with E-state index in [0.29, 0.717) is 12.0 Å². The van der Waals surface area contributed by atoms with Crippen LogP contribution >= 0.6 is 0 Å². The van der Waals surface area contributed by atoms with E-state index in [0.717, 1.165) is 24.0 Å². The van der Waals surface area contributed by atoms with E-state index in [-0.39, 0.29) is 11.6 Å². The average Bonchev–Trinajstić information content (AvgIpc) is 2.18. The molecule has 1 aromatic carbocycles. The van der Waals surface area contributed by atoms with Gasteiger partial charge in [-0.1, -0.05) is 12.1 Å². The van der Waals surface area contributed by atoms with Crippen LogP contribution in [0.4, 0.5) is 0 Å². The number of hydrogen-bond acceptors (Lipinski definition) is 2. The lowest BCUT2D eigenvalue weighted by molar-refractivity contribution is 0.0972. The van der Waals surface area contributed by atoms with E-state index < -0.39 is 0 Å². The van der Waals surface area contributed by atoms with Crippen LogP contribution in [-0.2, 0) is 6.42 Å². The summed E-state index contributed by atoms with van der Waals surface area (Å²) in [7, 11) is 0. The maximum Gasteiger partial charge on any atom is 0.163 e. The van der Waals surface area contributed by atoms with Crippen LogP contribution in [0.25, 0.3) is 0 Å². The van der Waals surface area contributed by atoms with Crippen LogP contribution in [0.1, 0.15) is 46.0 Å². The van der Waals surface area contributed by atoms with Gasteiger partial charge in [0.05, 0.1) is 0 Å². The molecule has 2 nitrogen and oxygen atoms in total. The van der Waals surface area contributed by atoms with Gasteiger partial charge in [-0.25, -0.2) is 0 Å². The minimum Gasteiger partial charge on any atom is -0.295 e. The van der Waals surface area contributed by atoms with Crippen molar-refractivity contribution in [3.63, 3.8) is 0 Å². The van der Waals surface area contributed by atoms with Gasteiger partial charge in [-0.15, -0.1) is 0 Å². The van der Waals surface area contributed by atoms with Crippen molar-refractivity contribution < 1.29 is 9.59 Å². The number of aryl methyl sites for hydroxylation is 1. The molecule has 72 valence electrons. The monoisotopic (exact) mass is 188 g/mol. The second kappa shape index (κ2) is 3.37. The molecule has 0 heterocycles. The van der Waals surface area contributed by atoms with Crippen molar-refractivity contribution in [1.29, 1.82) is 0 Å². The van der Waals surface area contributed by atoms with E-state index in [1.165, 1.54) is 6.92 Å². The molecule has 0 N–H and O–H groups in total. The standard InChI is InChI=1S/C12H12O2/c1-8(13)10-6-5-9-3-2-4-12(14)11(9)7-10/h5-7H,2-4H2,1H3. The predicted molar refractivity (Wildman–Crippen MR) is 53.7 cm³/mol. The zero-order chi connectivity index (χ0) is 10.1. The summed E-state index contributed by atoms with van der Waals surface area (Å²) in [5.74, 6) is 0.195. The van der Waals surface area contributed by atoms with Gasteiger partial charge in [0.1, 0.15) is 0 Å². The molecule has 0 saturated heterocycles. The van der Waals surface area contributed by atoms with Crippen molar-refractivity contribution in [3.8, 4) is 0 Å². The van der Waals surface area contributed by atoms with E-state index in [9.17, 15) is 9.59 Å². The average molecular weight is 188 g/mol. The van der Waals surface area contributed by atoms with Crippen LogP contribution in [0.3, 0.4) is 0 Å². The highest BCUT2D eigenvalue weighted by Gasteiger charge is 2.17. The summed E-state index contributed by atoms with van der Waals surface area (Å²) in [6.07, 6.45) is 2.51. The van der Waals surface area contributed by atoms with E-state index in [2.05, 4.69) is 0 Å². The largest absolute Gasteiger partial charge is 0.295 e. The number of benzene rings is 1. The van der Waals surface area contributed by atoms with Crippen LogP contribution in [0.2, 0.25) is 0 Å². The molecule has 0 radical (unpaired) electrons. The highest BCUT2D eigenvalue weighted by atomic mass is 16.1. The first kappa shape index (κ1) is 9.13. The van der Waals surface area contributed by atoms with Crippen LogP contribution in [0.5, 0.6) is 0 Å². The Morgan fingerprint density at radius 1 is 1.29 bits per heavy atom. The maximum absolute atomic E-state index is 11.5. The fourth-order valence-corrected chi connectivity index (χ4v) is 1.85. The molecule has 0 amide bonds. The zero-order valence-electron chi connectivity index (χ0n) is 8.17. The number of Topliss-reactive ketones (excluding diaryl/α,β-unsaturated/α-hetero) is 2. The highest BCUT2D eigenvalue weighted by molar-refractivity contribution is 6.02. The number of fused-ring (bicyclic) bond motifs is 1. The topological polar surface area (TPSA) is 34.1 Å². The number of ketones is 2. The lowest BCUT2D eigenvalue weighted by Gasteiger charge is -2.14. The Bertz CT molecular complexity index is 405. The minimum absolute atomic E-state index is 0.0196. The van der Waals surface area contributed by atoms with Crippen LogP contribution in [0.15, 0.2) is 18.2 Å². The Labute approximate surface area is 82.9 Å². The molecular formula is C12H12O2. The molecule has 2 heteroatoms. The molecule has 1 aliphatic rings. The van der Waals surface area contributed by atoms with E-state index in [1.54, 1.807) is 12.1 Å². The third kappa shape index (κ3) is 1.48. The summed E-state index contributed by atoms with van der Waals surface area (Å²) in [4.78, 5) is 22.7. The molecule has 0 fully saturated rings. The van der Waals surface area contributed by atoms with Gasteiger partial charge in [0.25, 0.3) is 0 Å². The number of carbonyl (C=O) groups excluding carboxylic acids is 2. The van der Waals surface area contributed by atoms with E-state index >= 15 is 0 Å². The number of rotatable bonds is 1. The first-order valence-electron chi connectivity index (χ1n) is 4.85. The summed E-state index contributed by atoms with van der Waals surface area (Å²) < 4.78 is 0. The Kier molecular flexibility index (Phi) is 2.20. The van der Waals surface area contributed by atoms with Crippen LogP contribution < -0.4 is 0 Å². The quantitative estimate of drug-likeness (QED) is 0.634. The fraction of sp³-hybridized carbons (Fsp3) is 0.333. The summed E-state index contributed by atoms with van der Waals surface area (Å²) >= 11 is 0. The van der Waals surface area contributed by atoms with Gasteiger partial charge in [0.15, 0.2) is 11.6 Å². The summed E-state index contributed by atoms with van der Waals surface area (Å²) in [6.45, 7) is 1.52. The van der Waals surface area contributed by atoms with Gasteiger partial charge >= 0.3 is 0 Å². The minimum atomic E-state index is 0.0196. The molecule has 1 aromatic rings. The Balaban J connectivity index is 2.51. The fourth-order valence-electron chi connectivity index (χ4n) is 1.85. The molecule has 0 bridgehead atoms. The molecular weight excluding hydrogens is 176 g/mol. The van der Waals surface area contributed by atoms with Gasteiger partial charge in [-0.05, 0) is 31.4 Å². The van der Waals surface area contributed by atoms with Gasteiger partial charge in [-0.2, -0.15) is 0 Å². The van der Waals surface area contributed by atoms with E-state index in [1.807, 2.05) is 6.07 Å². The normalized spacial score (nSPS) is 15.1. The molecule has 2 rings (SSSR count). The second-order valence-electron chi connectivity index (χ2n) is 3.70. The first-order valence-corrected chi connectivity index (χ1v) is 4.85. The number of hydrogen-bond donors (Lipinski definition) is 0. The molecule has 1 aliphatic carbocycles. The highest BCUT2D eigenvalue weighted by Crippen LogP contribution is 2.22. The lowest BCUT2D eigenvalue weighted by atomic mass is 9.89. The molecule has 0 unspecified atom stereocenters. The van der Waals surface area contributed by atoms with Gasteiger partial charge < -0.3 is 0 Å². The summed E-state index contributed by atoms with van der Waals surface area (Å²) in [5.41, 5.74) is 2.48. The van der Waals surface area contributed by atoms with Gasteiger partial charge in [-0.3, -0.25) is 9.59 Å². The third-order valence-corrected chi connectivity index (χ3v) is 2.67. The van der Waals surface area contributed by atoms with E-state index in [4.69, 9.17) is 0 Å². The smallest absolute Gasteiger partial charge is 0.163 e. The van der Waals surface area contributed by atoms with Crippen LogP contribution in [0, 0.1) is 0 Å². The maximum atomic E-state index is 11.5. The SMILES string of the molecule is CC(=O)c1ccc2c(c1)C(=O)CCC2. The first-order chi connectivity index (χ1) is 6.68. The second-order valence-corrected chi connectivity index (χ2v) is 3.70. The third-order valence-electron chi connectivity index (χ3n) is 2.67. The van der Waals surface area contributed by atoms with Crippen molar-refractivity contribution in [2.45, 2.75) is 26.2 Å². The Morgan fingerprint density at radius 3 is 2.79 bits per heavy atom. The summed E-state index contributed by atoms with van der Waals surface area (Å²) in [5, 5.41) is 0. The Morgan fingerprint density at radius 2 is 2.07 bits per heavy atom. The van der Waals surface area contributed by atoms with Gasteiger partial charge in [0, 0.05) is 17.5 Å². The molecule has 0 aliphatic heterocycles. The van der Waals surface area contributed by atoms with Crippen molar-refractivity contribution in [1.82, 2.24) is 0 Å². The lowest BCUT2D eigenvalue weighted by Crippen LogP contribution is -2.11. The van der Waals surface area contributed by atoms with Crippen molar-refractivity contribution >= 4 is 11.6 Å². The number of carbonyl (C=O) groups is 2. The van der Waals surface area contributed by atoms with Crippen LogP contribution in [-0.4, -0.2) is 11.6 Å². The van der Waals surface area contributed by atoms with Crippen molar-refractivity contribution in [3.05, 3.63) is 34.9 Å². The molecule has 0 aromatic heterocycles. The Hall–Kier alpha value is -1.44. The molecule has 0 atom stereocenters.